The fraction of sp³-hybridized carbons (Fsp3) is 0.188. The Morgan fingerprint density at radius 2 is 1.95 bits per heavy atom. The second-order valence-electron chi connectivity index (χ2n) is 4.66. The van der Waals surface area contributed by atoms with Gasteiger partial charge in [0.1, 0.15) is 0 Å². The first kappa shape index (κ1) is 14.6. The van der Waals surface area contributed by atoms with E-state index in [1.165, 1.54) is 0 Å². The molecule has 0 aliphatic carbocycles. The molecule has 0 aliphatic rings. The molecule has 1 atom stereocenters. The maximum atomic E-state index is 11.9. The van der Waals surface area contributed by atoms with E-state index in [4.69, 9.17) is 11.6 Å². The molecule has 2 aromatic rings. The molecule has 0 bridgehead atoms. The van der Waals surface area contributed by atoms with Gasteiger partial charge in [-0.15, -0.1) is 0 Å². The third-order valence-electron chi connectivity index (χ3n) is 2.96. The third kappa shape index (κ3) is 3.83. The normalized spacial score (nSPS) is 11.9. The van der Waals surface area contributed by atoms with Gasteiger partial charge in [-0.05, 0) is 30.2 Å². The summed E-state index contributed by atoms with van der Waals surface area (Å²) in [6, 6.07) is 14.5. The molecule has 0 heterocycles. The van der Waals surface area contributed by atoms with Gasteiger partial charge in [0.25, 0.3) is 0 Å². The summed E-state index contributed by atoms with van der Waals surface area (Å²) in [5, 5.41) is 13.2. The van der Waals surface area contributed by atoms with Gasteiger partial charge in [-0.3, -0.25) is 4.79 Å². The van der Waals surface area contributed by atoms with Crippen molar-refractivity contribution in [2.24, 2.45) is 0 Å². The van der Waals surface area contributed by atoms with E-state index in [1.54, 1.807) is 24.3 Å². The minimum atomic E-state index is -0.819. The molecule has 0 aliphatic heterocycles. The van der Waals surface area contributed by atoms with Crippen LogP contribution < -0.4 is 5.32 Å². The van der Waals surface area contributed by atoms with Crippen LogP contribution in [0.15, 0.2) is 48.5 Å². The zero-order valence-electron chi connectivity index (χ0n) is 11.1. The summed E-state index contributed by atoms with van der Waals surface area (Å²) in [5.74, 6) is -0.271. The van der Waals surface area contributed by atoms with Crippen molar-refractivity contribution in [3.8, 4) is 0 Å². The number of aryl methyl sites for hydroxylation is 1. The standard InChI is InChI=1S/C16H16ClNO2/c1-11-7-8-14(13(17)9-11)18-16(20)10-15(19)12-5-3-2-4-6-12/h2-9,15,19H,10H2,1H3,(H,18,20). The molecule has 3 nitrogen and oxygen atoms in total. The van der Waals surface area contributed by atoms with Gasteiger partial charge in [0.2, 0.25) is 5.91 Å². The highest BCUT2D eigenvalue weighted by atomic mass is 35.5. The average molecular weight is 290 g/mol. The summed E-state index contributed by atoms with van der Waals surface area (Å²) < 4.78 is 0. The number of anilines is 1. The molecule has 0 saturated carbocycles. The Bertz CT molecular complexity index is 599. The molecule has 0 radical (unpaired) electrons. The molecule has 1 unspecified atom stereocenters. The van der Waals surface area contributed by atoms with Crippen LogP contribution in [0, 0.1) is 6.92 Å². The number of aliphatic hydroxyl groups excluding tert-OH is 1. The lowest BCUT2D eigenvalue weighted by Crippen LogP contribution is -2.15. The number of hydrogen-bond donors (Lipinski definition) is 2. The van der Waals surface area contributed by atoms with Crippen molar-refractivity contribution < 1.29 is 9.90 Å². The van der Waals surface area contributed by atoms with Crippen LogP contribution in [0.25, 0.3) is 0 Å². The molecule has 2 aromatic carbocycles. The maximum Gasteiger partial charge on any atom is 0.227 e. The number of carbonyl (C=O) groups excluding carboxylic acids is 1. The molecule has 0 saturated heterocycles. The van der Waals surface area contributed by atoms with Gasteiger partial charge in [-0.25, -0.2) is 0 Å². The second-order valence-corrected chi connectivity index (χ2v) is 5.07. The second kappa shape index (κ2) is 6.55. The molecule has 104 valence electrons. The summed E-state index contributed by atoms with van der Waals surface area (Å²) in [5.41, 5.74) is 2.30. The minimum absolute atomic E-state index is 0.00574. The van der Waals surface area contributed by atoms with Crippen molar-refractivity contribution in [1.82, 2.24) is 0 Å². The van der Waals surface area contributed by atoms with E-state index < -0.39 is 6.10 Å². The molecule has 1 amide bonds. The number of carbonyl (C=O) groups is 1. The number of rotatable bonds is 4. The molecule has 4 heteroatoms. The van der Waals surface area contributed by atoms with Crippen molar-refractivity contribution >= 4 is 23.2 Å². The maximum absolute atomic E-state index is 11.9. The van der Waals surface area contributed by atoms with E-state index in [9.17, 15) is 9.90 Å². The zero-order chi connectivity index (χ0) is 14.5. The zero-order valence-corrected chi connectivity index (χ0v) is 11.9. The number of amides is 1. The predicted molar refractivity (Wildman–Crippen MR) is 80.8 cm³/mol. The first-order chi connectivity index (χ1) is 9.56. The molecule has 0 aromatic heterocycles. The number of aliphatic hydroxyl groups is 1. The molecular formula is C16H16ClNO2. The van der Waals surface area contributed by atoms with E-state index in [1.807, 2.05) is 31.2 Å². The lowest BCUT2D eigenvalue weighted by molar-refractivity contribution is -0.118. The van der Waals surface area contributed by atoms with Crippen LogP contribution in [0.2, 0.25) is 5.02 Å². The quantitative estimate of drug-likeness (QED) is 0.901. The summed E-state index contributed by atoms with van der Waals surface area (Å²) in [4.78, 5) is 11.9. The monoisotopic (exact) mass is 289 g/mol. The highest BCUT2D eigenvalue weighted by molar-refractivity contribution is 6.33. The van der Waals surface area contributed by atoms with Crippen molar-refractivity contribution in [2.75, 3.05) is 5.32 Å². The van der Waals surface area contributed by atoms with Crippen molar-refractivity contribution in [2.45, 2.75) is 19.4 Å². The summed E-state index contributed by atoms with van der Waals surface area (Å²) in [7, 11) is 0. The largest absolute Gasteiger partial charge is 0.388 e. The highest BCUT2D eigenvalue weighted by Crippen LogP contribution is 2.24. The average Bonchev–Trinajstić information content (AvgIpc) is 2.43. The Morgan fingerprint density at radius 1 is 1.25 bits per heavy atom. The molecule has 20 heavy (non-hydrogen) atoms. The van der Waals surface area contributed by atoms with Crippen LogP contribution in [0.3, 0.4) is 0 Å². The van der Waals surface area contributed by atoms with Crippen LogP contribution in [0.5, 0.6) is 0 Å². The highest BCUT2D eigenvalue weighted by Gasteiger charge is 2.13. The topological polar surface area (TPSA) is 49.3 Å². The van der Waals surface area contributed by atoms with E-state index in [0.29, 0.717) is 10.7 Å². The lowest BCUT2D eigenvalue weighted by atomic mass is 10.1. The Labute approximate surface area is 123 Å². The van der Waals surface area contributed by atoms with Crippen LogP contribution in [-0.4, -0.2) is 11.0 Å². The van der Waals surface area contributed by atoms with E-state index in [2.05, 4.69) is 5.32 Å². The Balaban J connectivity index is 1.99. The number of benzene rings is 2. The van der Waals surface area contributed by atoms with Crippen molar-refractivity contribution in [3.05, 3.63) is 64.7 Å². The van der Waals surface area contributed by atoms with Crippen LogP contribution in [-0.2, 0) is 4.79 Å². The van der Waals surface area contributed by atoms with Gasteiger partial charge < -0.3 is 10.4 Å². The first-order valence-electron chi connectivity index (χ1n) is 6.35. The lowest BCUT2D eigenvalue weighted by Gasteiger charge is -2.12. The SMILES string of the molecule is Cc1ccc(NC(=O)CC(O)c2ccccc2)c(Cl)c1. The van der Waals surface area contributed by atoms with Gasteiger partial charge in [-0.1, -0.05) is 48.0 Å². The van der Waals surface area contributed by atoms with Crippen LogP contribution in [0.4, 0.5) is 5.69 Å². The third-order valence-corrected chi connectivity index (χ3v) is 3.27. The summed E-state index contributed by atoms with van der Waals surface area (Å²) >= 11 is 6.05. The number of nitrogens with one attached hydrogen (secondary N) is 1. The first-order valence-corrected chi connectivity index (χ1v) is 6.73. The van der Waals surface area contributed by atoms with Crippen molar-refractivity contribution in [3.63, 3.8) is 0 Å². The molecule has 2 N–H and O–H groups in total. The Kier molecular flexibility index (Phi) is 4.77. The Morgan fingerprint density at radius 3 is 2.60 bits per heavy atom. The van der Waals surface area contributed by atoms with E-state index in [0.717, 1.165) is 11.1 Å². The summed E-state index contributed by atoms with van der Waals surface area (Å²) in [6.07, 6.45) is -0.825. The summed E-state index contributed by atoms with van der Waals surface area (Å²) in [6.45, 7) is 1.93. The van der Waals surface area contributed by atoms with Gasteiger partial charge >= 0.3 is 0 Å². The number of hydrogen-bond acceptors (Lipinski definition) is 2. The van der Waals surface area contributed by atoms with Gasteiger partial charge in [-0.2, -0.15) is 0 Å². The molecule has 2 rings (SSSR count). The number of halogens is 1. The van der Waals surface area contributed by atoms with Crippen molar-refractivity contribution in [1.29, 1.82) is 0 Å². The van der Waals surface area contributed by atoms with Gasteiger partial charge in [0.05, 0.1) is 23.2 Å². The van der Waals surface area contributed by atoms with Crippen LogP contribution in [0.1, 0.15) is 23.7 Å². The van der Waals surface area contributed by atoms with Gasteiger partial charge in [0.15, 0.2) is 0 Å². The molecule has 0 fully saturated rings. The molecule has 0 spiro atoms. The fourth-order valence-electron chi connectivity index (χ4n) is 1.89. The smallest absolute Gasteiger partial charge is 0.227 e. The predicted octanol–water partition coefficient (Wildman–Crippen LogP) is 3.71. The van der Waals surface area contributed by atoms with Crippen LogP contribution >= 0.6 is 11.6 Å². The molecular weight excluding hydrogens is 274 g/mol. The van der Waals surface area contributed by atoms with E-state index >= 15 is 0 Å². The minimum Gasteiger partial charge on any atom is -0.388 e. The van der Waals surface area contributed by atoms with Gasteiger partial charge in [0, 0.05) is 0 Å². The Hall–Kier alpha value is -1.84. The van der Waals surface area contributed by atoms with E-state index in [-0.39, 0.29) is 12.3 Å². The fourth-order valence-corrected chi connectivity index (χ4v) is 2.17.